The Kier molecular flexibility index (Phi) is 7.39. The number of hydrogen-bond acceptors (Lipinski definition) is 5. The molecular formula is C21H16ClF2N3O4S. The first-order valence-electron chi connectivity index (χ1n) is 9.00. The lowest BCUT2D eigenvalue weighted by Crippen LogP contribution is -2.19. The van der Waals surface area contributed by atoms with Crippen molar-refractivity contribution in [2.45, 2.75) is 11.5 Å². The summed E-state index contributed by atoms with van der Waals surface area (Å²) < 4.78 is 56.9. The number of nitrogens with zero attached hydrogens (tertiary/aromatic N) is 1. The van der Waals surface area contributed by atoms with Gasteiger partial charge in [0.2, 0.25) is 0 Å². The summed E-state index contributed by atoms with van der Waals surface area (Å²) in [5.41, 5.74) is 2.77. The molecule has 0 fully saturated rings. The third-order valence-electron chi connectivity index (χ3n) is 4.01. The largest absolute Gasteiger partial charge is 0.434 e. The summed E-state index contributed by atoms with van der Waals surface area (Å²) >= 11 is 5.79. The van der Waals surface area contributed by atoms with Crippen LogP contribution in [0.2, 0.25) is 5.02 Å². The molecule has 3 aromatic rings. The van der Waals surface area contributed by atoms with Gasteiger partial charge in [-0.15, -0.1) is 0 Å². The smallest absolute Gasteiger partial charge is 0.387 e. The summed E-state index contributed by atoms with van der Waals surface area (Å²) in [5.74, 6) is -0.807. The van der Waals surface area contributed by atoms with Crippen molar-refractivity contribution in [2.24, 2.45) is 5.10 Å². The normalized spacial score (nSPS) is 11.5. The molecule has 3 rings (SSSR count). The highest BCUT2D eigenvalue weighted by Crippen LogP contribution is 2.20. The minimum Gasteiger partial charge on any atom is -0.434 e. The number of hydrogen-bond donors (Lipinski definition) is 2. The molecule has 7 nitrogen and oxygen atoms in total. The molecule has 0 saturated heterocycles. The van der Waals surface area contributed by atoms with Gasteiger partial charge in [-0.3, -0.25) is 9.52 Å². The highest BCUT2D eigenvalue weighted by Gasteiger charge is 2.16. The van der Waals surface area contributed by atoms with Gasteiger partial charge in [-0.1, -0.05) is 29.8 Å². The lowest BCUT2D eigenvalue weighted by atomic mass is 10.2. The maximum absolute atomic E-state index is 12.6. The van der Waals surface area contributed by atoms with Crippen molar-refractivity contribution < 1.29 is 26.7 Å². The van der Waals surface area contributed by atoms with E-state index in [0.29, 0.717) is 10.7 Å². The van der Waals surface area contributed by atoms with Crippen LogP contribution in [0.3, 0.4) is 0 Å². The predicted octanol–water partition coefficient (Wildman–Crippen LogP) is 4.51. The van der Waals surface area contributed by atoms with Gasteiger partial charge in [0.05, 0.1) is 11.1 Å². The molecule has 0 aromatic heterocycles. The van der Waals surface area contributed by atoms with Gasteiger partial charge in [0.1, 0.15) is 5.75 Å². The lowest BCUT2D eigenvalue weighted by Gasteiger charge is -2.09. The van der Waals surface area contributed by atoms with Crippen molar-refractivity contribution in [1.82, 2.24) is 5.43 Å². The van der Waals surface area contributed by atoms with Gasteiger partial charge in [0, 0.05) is 21.8 Å². The number of alkyl halides is 2. The van der Waals surface area contributed by atoms with Gasteiger partial charge in [0.15, 0.2) is 0 Å². The van der Waals surface area contributed by atoms with Gasteiger partial charge >= 0.3 is 6.61 Å². The first kappa shape index (κ1) is 23.2. The summed E-state index contributed by atoms with van der Waals surface area (Å²) in [7, 11) is -3.96. The second kappa shape index (κ2) is 10.2. The Balaban J connectivity index is 1.72. The minimum atomic E-state index is -3.96. The number of para-hydroxylation sites is 1. The van der Waals surface area contributed by atoms with Crippen LogP contribution in [0, 0.1) is 0 Å². The quantitative estimate of drug-likeness (QED) is 0.367. The van der Waals surface area contributed by atoms with Crippen molar-refractivity contribution in [3.63, 3.8) is 0 Å². The Morgan fingerprint density at radius 2 is 1.75 bits per heavy atom. The molecule has 32 heavy (non-hydrogen) atoms. The zero-order chi connectivity index (χ0) is 23.1. The fraction of sp³-hybridized carbons (Fsp3) is 0.0476. The van der Waals surface area contributed by atoms with E-state index in [4.69, 9.17) is 11.6 Å². The predicted molar refractivity (Wildman–Crippen MR) is 117 cm³/mol. The van der Waals surface area contributed by atoms with Crippen LogP contribution >= 0.6 is 11.6 Å². The van der Waals surface area contributed by atoms with Gasteiger partial charge in [-0.2, -0.15) is 13.9 Å². The molecule has 0 aliphatic rings. The van der Waals surface area contributed by atoms with Crippen LogP contribution < -0.4 is 14.9 Å². The Bertz CT molecular complexity index is 1240. The molecule has 0 aliphatic carbocycles. The third kappa shape index (κ3) is 6.25. The topological polar surface area (TPSA) is 96.9 Å². The van der Waals surface area contributed by atoms with E-state index in [1.54, 1.807) is 6.07 Å². The molecule has 0 atom stereocenters. The van der Waals surface area contributed by atoms with E-state index in [-0.39, 0.29) is 21.8 Å². The summed E-state index contributed by atoms with van der Waals surface area (Å²) in [4.78, 5) is 12.2. The van der Waals surface area contributed by atoms with Gasteiger partial charge < -0.3 is 4.74 Å². The fourth-order valence-electron chi connectivity index (χ4n) is 2.55. The Labute approximate surface area is 187 Å². The van der Waals surface area contributed by atoms with E-state index >= 15 is 0 Å². The summed E-state index contributed by atoms with van der Waals surface area (Å²) in [5, 5.41) is 4.18. The summed E-state index contributed by atoms with van der Waals surface area (Å²) in [6, 6.07) is 17.3. The number of amides is 1. The summed E-state index contributed by atoms with van der Waals surface area (Å²) in [6.45, 7) is -3.01. The Morgan fingerprint density at radius 1 is 1.03 bits per heavy atom. The molecule has 1 amide bonds. The number of nitrogens with one attached hydrogen (secondary N) is 2. The van der Waals surface area contributed by atoms with E-state index in [9.17, 15) is 22.0 Å². The standard InChI is InChI=1S/C21H16ClF2N3O4S/c22-16-8-10-17(11-9-16)27-32(29,30)18-6-3-5-14(12-18)20(28)26-25-13-15-4-1-2-7-19(15)31-21(23)24/h1-13,21,27H,(H,26,28)/b25-13-. The molecule has 0 spiro atoms. The number of benzene rings is 3. The number of sulfonamides is 1. The molecule has 11 heteroatoms. The van der Waals surface area contributed by atoms with E-state index in [2.05, 4.69) is 20.0 Å². The molecule has 166 valence electrons. The van der Waals surface area contributed by atoms with E-state index in [1.165, 1.54) is 66.7 Å². The van der Waals surface area contributed by atoms with Crippen molar-refractivity contribution in [3.8, 4) is 5.75 Å². The van der Waals surface area contributed by atoms with Crippen LogP contribution in [0.5, 0.6) is 5.75 Å². The maximum Gasteiger partial charge on any atom is 0.387 e. The Hall–Kier alpha value is -3.50. The molecule has 0 saturated carbocycles. The lowest BCUT2D eigenvalue weighted by molar-refractivity contribution is -0.0499. The van der Waals surface area contributed by atoms with Gasteiger partial charge in [0.25, 0.3) is 15.9 Å². The molecular weight excluding hydrogens is 464 g/mol. The average molecular weight is 480 g/mol. The SMILES string of the molecule is O=C(N/N=C\c1ccccc1OC(F)F)c1cccc(S(=O)(=O)Nc2ccc(Cl)cc2)c1. The molecule has 2 N–H and O–H groups in total. The van der Waals surface area contributed by atoms with Crippen LogP contribution in [0.1, 0.15) is 15.9 Å². The number of carbonyl (C=O) groups is 1. The van der Waals surface area contributed by atoms with Crippen LogP contribution in [0.25, 0.3) is 0 Å². The second-order valence-corrected chi connectivity index (χ2v) is 8.37. The average Bonchev–Trinajstić information content (AvgIpc) is 2.76. The van der Waals surface area contributed by atoms with Crippen LogP contribution in [0.4, 0.5) is 14.5 Å². The van der Waals surface area contributed by atoms with Crippen LogP contribution in [0.15, 0.2) is 82.8 Å². The fourth-order valence-corrected chi connectivity index (χ4v) is 3.78. The summed E-state index contributed by atoms with van der Waals surface area (Å²) in [6.07, 6.45) is 1.14. The van der Waals surface area contributed by atoms with Gasteiger partial charge in [-0.25, -0.2) is 13.8 Å². The zero-order valence-corrected chi connectivity index (χ0v) is 17.8. The molecule has 0 radical (unpaired) electrons. The van der Waals surface area contributed by atoms with Crippen molar-refractivity contribution in [3.05, 3.63) is 88.9 Å². The Morgan fingerprint density at radius 3 is 2.47 bits per heavy atom. The highest BCUT2D eigenvalue weighted by molar-refractivity contribution is 7.92. The zero-order valence-electron chi connectivity index (χ0n) is 16.2. The highest BCUT2D eigenvalue weighted by atomic mass is 35.5. The first-order chi connectivity index (χ1) is 15.2. The molecule has 0 unspecified atom stereocenters. The van der Waals surface area contributed by atoms with Crippen molar-refractivity contribution >= 4 is 39.4 Å². The molecule has 0 heterocycles. The number of ether oxygens (including phenoxy) is 1. The number of anilines is 1. The van der Waals surface area contributed by atoms with Crippen molar-refractivity contribution in [1.29, 1.82) is 0 Å². The number of carbonyl (C=O) groups excluding carboxylic acids is 1. The van der Waals surface area contributed by atoms with E-state index in [1.807, 2.05) is 0 Å². The second-order valence-electron chi connectivity index (χ2n) is 6.26. The molecule has 0 aliphatic heterocycles. The van der Waals surface area contributed by atoms with Crippen LogP contribution in [-0.2, 0) is 10.0 Å². The number of halogens is 3. The van der Waals surface area contributed by atoms with Crippen LogP contribution in [-0.4, -0.2) is 27.2 Å². The molecule has 0 bridgehead atoms. The third-order valence-corrected chi connectivity index (χ3v) is 5.64. The van der Waals surface area contributed by atoms with Crippen molar-refractivity contribution in [2.75, 3.05) is 4.72 Å². The minimum absolute atomic E-state index is 0.0262. The monoisotopic (exact) mass is 479 g/mol. The molecule has 3 aromatic carbocycles. The van der Waals surface area contributed by atoms with Gasteiger partial charge in [-0.05, 0) is 54.6 Å². The van der Waals surface area contributed by atoms with E-state index in [0.717, 1.165) is 6.21 Å². The van der Waals surface area contributed by atoms with E-state index < -0.39 is 22.5 Å². The number of rotatable bonds is 8. The first-order valence-corrected chi connectivity index (χ1v) is 10.9. The number of hydrazone groups is 1. The maximum atomic E-state index is 12.6.